The highest BCUT2D eigenvalue weighted by Gasteiger charge is 2.69. The van der Waals surface area contributed by atoms with Crippen LogP contribution in [0.2, 0.25) is 0 Å². The van der Waals surface area contributed by atoms with Gasteiger partial charge in [-0.15, -0.1) is 0 Å². The first kappa shape index (κ1) is 24.2. The summed E-state index contributed by atoms with van der Waals surface area (Å²) in [6.07, 6.45) is -7.11. The first-order valence-corrected chi connectivity index (χ1v) is 8.00. The van der Waals surface area contributed by atoms with E-state index >= 15 is 0 Å². The van der Waals surface area contributed by atoms with E-state index in [1.54, 1.807) is 0 Å². The molecule has 2 nitrogen and oxygen atoms in total. The minimum absolute atomic E-state index is 0.552. The molecule has 2 rings (SSSR count). The number of benzene rings is 2. The van der Waals surface area contributed by atoms with E-state index in [9.17, 15) is 35.5 Å². The Morgan fingerprint density at radius 3 is 2.07 bits per heavy atom. The van der Waals surface area contributed by atoms with Crippen molar-refractivity contribution in [2.24, 2.45) is 0 Å². The van der Waals surface area contributed by atoms with Gasteiger partial charge in [0, 0.05) is 5.57 Å². The molecular formula is C20H17F7O2. The molecule has 29 heavy (non-hydrogen) atoms. The van der Waals surface area contributed by atoms with Crippen molar-refractivity contribution >= 4 is 22.8 Å². The Kier molecular flexibility index (Phi) is 7.99. The van der Waals surface area contributed by atoms with Crippen molar-refractivity contribution in [2.45, 2.75) is 31.6 Å². The van der Waals surface area contributed by atoms with Crippen LogP contribution >= 0.6 is 0 Å². The molecular weight excluding hydrogens is 405 g/mol. The van der Waals surface area contributed by atoms with Crippen LogP contribution in [0.3, 0.4) is 0 Å². The highest BCUT2D eigenvalue weighted by atomic mass is 19.3. The third-order valence-corrected chi connectivity index (χ3v) is 3.61. The van der Waals surface area contributed by atoms with Gasteiger partial charge in [0.1, 0.15) is 0 Å². The third kappa shape index (κ3) is 5.58. The number of carbonyl (C=O) groups excluding carboxylic acids is 1. The maximum Gasteiger partial charge on any atom is 0.381 e. The fraction of sp³-hybridized carbons (Fsp3) is 0.250. The van der Waals surface area contributed by atoms with E-state index < -0.39 is 36.2 Å². The van der Waals surface area contributed by atoms with Crippen LogP contribution in [0.4, 0.5) is 30.7 Å². The number of alkyl halides is 7. The molecule has 0 aliphatic carbocycles. The number of halogens is 7. The topological polar surface area (TPSA) is 26.3 Å². The minimum Gasteiger partial charge on any atom is -0.421 e. The van der Waals surface area contributed by atoms with Gasteiger partial charge in [0.15, 0.2) is 0 Å². The molecule has 158 valence electrons. The SMILES string of the molecule is C=C(C)C(=O)OC(F)C(F)(F)C(F)(F)C(F)F.C=Cc1cccc2ccccc12. The number of rotatable bonds is 6. The second kappa shape index (κ2) is 9.58. The lowest BCUT2D eigenvalue weighted by atomic mass is 10.1. The predicted molar refractivity (Wildman–Crippen MR) is 95.7 cm³/mol. The molecule has 0 bridgehead atoms. The van der Waals surface area contributed by atoms with Crippen molar-refractivity contribution in [1.29, 1.82) is 0 Å². The summed E-state index contributed by atoms with van der Waals surface area (Å²) in [5.41, 5.74) is 0.650. The number of hydrogen-bond acceptors (Lipinski definition) is 2. The van der Waals surface area contributed by atoms with Crippen LogP contribution in [0.5, 0.6) is 0 Å². The summed E-state index contributed by atoms with van der Waals surface area (Å²) in [5, 5.41) is 2.55. The molecule has 2 aromatic rings. The zero-order chi connectivity index (χ0) is 22.4. The Morgan fingerprint density at radius 2 is 1.55 bits per heavy atom. The van der Waals surface area contributed by atoms with Crippen molar-refractivity contribution in [3.8, 4) is 0 Å². The zero-order valence-corrected chi connectivity index (χ0v) is 15.1. The molecule has 0 N–H and O–H groups in total. The van der Waals surface area contributed by atoms with Crippen molar-refractivity contribution < 1.29 is 40.3 Å². The van der Waals surface area contributed by atoms with Crippen LogP contribution in [0.15, 0.2) is 61.2 Å². The van der Waals surface area contributed by atoms with Crippen LogP contribution in [0.25, 0.3) is 16.8 Å². The summed E-state index contributed by atoms with van der Waals surface area (Å²) in [6, 6.07) is 14.6. The average molecular weight is 422 g/mol. The zero-order valence-electron chi connectivity index (χ0n) is 15.1. The van der Waals surface area contributed by atoms with Gasteiger partial charge < -0.3 is 4.74 Å². The number of ether oxygens (including phenoxy) is 1. The standard InChI is InChI=1S/C12H10.C8H7F7O2/c1-2-10-7-5-8-11-6-3-4-9-12(10)11;1-3(2)4(16)17-6(11)8(14,15)7(12,13)5(9)10/h2-9H,1H2;5-6H,1H2,2H3. The number of carbonyl (C=O) groups is 1. The van der Waals surface area contributed by atoms with Gasteiger partial charge in [-0.25, -0.2) is 13.6 Å². The second-order valence-corrected chi connectivity index (χ2v) is 5.82. The fourth-order valence-electron chi connectivity index (χ4n) is 1.99. The first-order valence-electron chi connectivity index (χ1n) is 8.00. The Bertz CT molecular complexity index is 873. The largest absolute Gasteiger partial charge is 0.421 e. The summed E-state index contributed by atoms with van der Waals surface area (Å²) in [7, 11) is 0. The third-order valence-electron chi connectivity index (χ3n) is 3.61. The lowest BCUT2D eigenvalue weighted by Gasteiger charge is -2.27. The van der Waals surface area contributed by atoms with Gasteiger partial charge in [-0.3, -0.25) is 0 Å². The molecule has 0 heterocycles. The molecule has 0 aliphatic rings. The summed E-state index contributed by atoms with van der Waals surface area (Å²) in [4.78, 5) is 10.6. The molecule has 0 saturated heterocycles. The molecule has 0 fully saturated rings. The first-order chi connectivity index (χ1) is 13.4. The van der Waals surface area contributed by atoms with E-state index in [0.717, 1.165) is 6.92 Å². The van der Waals surface area contributed by atoms with Crippen LogP contribution < -0.4 is 0 Å². The van der Waals surface area contributed by atoms with Gasteiger partial charge in [-0.2, -0.15) is 22.0 Å². The number of hydrogen-bond donors (Lipinski definition) is 0. The lowest BCUT2D eigenvalue weighted by Crippen LogP contribution is -2.53. The fourth-order valence-corrected chi connectivity index (χ4v) is 1.99. The summed E-state index contributed by atoms with van der Waals surface area (Å²) in [6.45, 7) is 7.58. The van der Waals surface area contributed by atoms with Crippen molar-refractivity contribution in [3.05, 3.63) is 66.8 Å². The Hall–Kier alpha value is -2.84. The van der Waals surface area contributed by atoms with Gasteiger partial charge >= 0.3 is 30.6 Å². The van der Waals surface area contributed by atoms with Gasteiger partial charge in [-0.05, 0) is 23.3 Å². The van der Waals surface area contributed by atoms with E-state index in [1.165, 1.54) is 16.3 Å². The highest BCUT2D eigenvalue weighted by molar-refractivity contribution is 5.90. The molecule has 1 atom stereocenters. The van der Waals surface area contributed by atoms with E-state index in [4.69, 9.17) is 0 Å². The molecule has 9 heteroatoms. The van der Waals surface area contributed by atoms with E-state index in [-0.39, 0.29) is 0 Å². The number of esters is 1. The predicted octanol–water partition coefficient (Wildman–Crippen LogP) is 6.42. The molecule has 0 saturated carbocycles. The maximum absolute atomic E-state index is 12.6. The lowest BCUT2D eigenvalue weighted by molar-refractivity contribution is -0.318. The average Bonchev–Trinajstić information content (AvgIpc) is 2.67. The minimum atomic E-state index is -5.96. The monoisotopic (exact) mass is 422 g/mol. The maximum atomic E-state index is 12.6. The molecule has 0 spiro atoms. The summed E-state index contributed by atoms with van der Waals surface area (Å²) < 4.78 is 88.7. The summed E-state index contributed by atoms with van der Waals surface area (Å²) in [5.74, 6) is -13.5. The Balaban J connectivity index is 0.000000304. The van der Waals surface area contributed by atoms with Gasteiger partial charge in [0.05, 0.1) is 0 Å². The van der Waals surface area contributed by atoms with E-state index in [2.05, 4.69) is 60.4 Å². The normalized spacial score (nSPS) is 12.7. The smallest absolute Gasteiger partial charge is 0.381 e. The van der Waals surface area contributed by atoms with Gasteiger partial charge in [-0.1, -0.05) is 61.7 Å². The molecule has 1 unspecified atom stereocenters. The summed E-state index contributed by atoms with van der Waals surface area (Å²) >= 11 is 0. The molecule has 0 amide bonds. The number of fused-ring (bicyclic) bond motifs is 1. The van der Waals surface area contributed by atoms with E-state index in [0.29, 0.717) is 0 Å². The van der Waals surface area contributed by atoms with Crippen molar-refractivity contribution in [1.82, 2.24) is 0 Å². The second-order valence-electron chi connectivity index (χ2n) is 5.82. The molecule has 2 aromatic carbocycles. The van der Waals surface area contributed by atoms with Crippen LogP contribution in [0, 0.1) is 0 Å². The molecule has 0 aliphatic heterocycles. The van der Waals surface area contributed by atoms with Crippen LogP contribution in [-0.4, -0.2) is 30.6 Å². The van der Waals surface area contributed by atoms with Crippen LogP contribution in [0.1, 0.15) is 12.5 Å². The van der Waals surface area contributed by atoms with E-state index in [1.807, 2.05) is 6.08 Å². The van der Waals surface area contributed by atoms with Crippen molar-refractivity contribution in [3.63, 3.8) is 0 Å². The molecule has 0 radical (unpaired) electrons. The quantitative estimate of drug-likeness (QED) is 0.305. The van der Waals surface area contributed by atoms with Crippen LogP contribution in [-0.2, 0) is 9.53 Å². The Labute approximate surface area is 162 Å². The highest BCUT2D eigenvalue weighted by Crippen LogP contribution is 2.42. The van der Waals surface area contributed by atoms with Crippen molar-refractivity contribution in [2.75, 3.05) is 0 Å². The van der Waals surface area contributed by atoms with Gasteiger partial charge in [0.25, 0.3) is 0 Å². The van der Waals surface area contributed by atoms with Gasteiger partial charge in [0.2, 0.25) is 0 Å². The molecule has 0 aromatic heterocycles. The Morgan fingerprint density at radius 1 is 1.00 bits per heavy atom.